The molecule has 3 rings (SSSR count). The van der Waals surface area contributed by atoms with E-state index in [9.17, 15) is 9.59 Å². The van der Waals surface area contributed by atoms with Crippen LogP contribution >= 0.6 is 12.4 Å². The van der Waals surface area contributed by atoms with E-state index in [4.69, 9.17) is 4.74 Å². The quantitative estimate of drug-likeness (QED) is 0.764. The topological polar surface area (TPSA) is 79.5 Å². The van der Waals surface area contributed by atoms with Gasteiger partial charge in [-0.05, 0) is 43.4 Å². The molecular formula is C18H26ClN3O3. The lowest BCUT2D eigenvalue weighted by Gasteiger charge is -2.24. The Morgan fingerprint density at radius 2 is 1.96 bits per heavy atom. The third-order valence-corrected chi connectivity index (χ3v) is 4.96. The molecule has 1 aromatic carbocycles. The number of amides is 2. The number of halogens is 1. The first-order valence-corrected chi connectivity index (χ1v) is 8.59. The number of hydrogen-bond acceptors (Lipinski definition) is 4. The van der Waals surface area contributed by atoms with Crippen molar-refractivity contribution in [2.24, 2.45) is 5.92 Å². The number of methoxy groups -OCH3 is 1. The number of hydrogen-bond donors (Lipinski definition) is 3. The van der Waals surface area contributed by atoms with E-state index in [1.54, 1.807) is 25.3 Å². The van der Waals surface area contributed by atoms with Gasteiger partial charge in [-0.3, -0.25) is 9.59 Å². The van der Waals surface area contributed by atoms with Gasteiger partial charge in [0.25, 0.3) is 0 Å². The molecule has 3 atom stereocenters. The van der Waals surface area contributed by atoms with E-state index in [0.717, 1.165) is 6.42 Å². The van der Waals surface area contributed by atoms with Crippen molar-refractivity contribution < 1.29 is 14.3 Å². The van der Waals surface area contributed by atoms with Crippen LogP contribution < -0.4 is 20.7 Å². The Hall–Kier alpha value is -1.79. The van der Waals surface area contributed by atoms with Crippen molar-refractivity contribution in [3.8, 4) is 5.75 Å². The van der Waals surface area contributed by atoms with Crippen LogP contribution in [0.15, 0.2) is 18.2 Å². The molecule has 1 saturated heterocycles. The Kier molecular flexibility index (Phi) is 6.67. The minimum absolute atomic E-state index is 0. The summed E-state index contributed by atoms with van der Waals surface area (Å²) in [5.74, 6) is 0.996. The predicted octanol–water partition coefficient (Wildman–Crippen LogP) is 2.93. The van der Waals surface area contributed by atoms with Gasteiger partial charge in [0.15, 0.2) is 0 Å². The number of carbonyl (C=O) groups excluding carboxylic acids is 2. The molecule has 25 heavy (non-hydrogen) atoms. The lowest BCUT2D eigenvalue weighted by Crippen LogP contribution is -2.39. The minimum atomic E-state index is -0.182. The van der Waals surface area contributed by atoms with Crippen LogP contribution in [0, 0.1) is 5.92 Å². The van der Waals surface area contributed by atoms with Crippen molar-refractivity contribution >= 4 is 35.6 Å². The molecule has 1 aliphatic carbocycles. The highest BCUT2D eigenvalue weighted by Crippen LogP contribution is 2.34. The number of anilines is 2. The summed E-state index contributed by atoms with van der Waals surface area (Å²) in [6, 6.07) is 5.59. The second-order valence-electron chi connectivity index (χ2n) is 6.69. The van der Waals surface area contributed by atoms with Crippen LogP contribution in [-0.2, 0) is 9.59 Å². The van der Waals surface area contributed by atoms with Gasteiger partial charge in [-0.15, -0.1) is 12.4 Å². The Morgan fingerprint density at radius 1 is 1.20 bits per heavy atom. The third kappa shape index (κ3) is 4.64. The van der Waals surface area contributed by atoms with Crippen molar-refractivity contribution in [2.75, 3.05) is 17.7 Å². The summed E-state index contributed by atoms with van der Waals surface area (Å²) >= 11 is 0. The predicted molar refractivity (Wildman–Crippen MR) is 100 cm³/mol. The molecule has 3 N–H and O–H groups in total. The number of rotatable bonds is 4. The average Bonchev–Trinajstić information content (AvgIpc) is 2.99. The van der Waals surface area contributed by atoms with Crippen LogP contribution in [0.3, 0.4) is 0 Å². The lowest BCUT2D eigenvalue weighted by molar-refractivity contribution is -0.118. The standard InChI is InChI=1S/C18H25N3O3.ClH/c1-11(22)19-15-10-13(7-8-17(15)24-2)20-18(23)16-9-12-5-3-4-6-14(12)21-16;/h7-8,10,12,14,16,21H,3-6,9H2,1-2H3,(H,19,22)(H,20,23);1H. The molecule has 6 nitrogen and oxygen atoms in total. The van der Waals surface area contributed by atoms with Gasteiger partial charge in [0.05, 0.1) is 18.8 Å². The number of carbonyl (C=O) groups is 2. The lowest BCUT2D eigenvalue weighted by atomic mass is 9.85. The Balaban J connectivity index is 0.00000225. The van der Waals surface area contributed by atoms with E-state index in [2.05, 4.69) is 16.0 Å². The highest BCUT2D eigenvalue weighted by atomic mass is 35.5. The van der Waals surface area contributed by atoms with E-state index in [1.165, 1.54) is 32.6 Å². The second kappa shape index (κ2) is 8.54. The van der Waals surface area contributed by atoms with Gasteiger partial charge < -0.3 is 20.7 Å². The second-order valence-corrected chi connectivity index (χ2v) is 6.69. The molecule has 2 aliphatic rings. The number of benzene rings is 1. The normalized spacial score (nSPS) is 24.6. The van der Waals surface area contributed by atoms with Crippen molar-refractivity contribution in [1.29, 1.82) is 0 Å². The Labute approximate surface area is 154 Å². The van der Waals surface area contributed by atoms with Crippen LogP contribution in [0.2, 0.25) is 0 Å². The first-order chi connectivity index (χ1) is 11.6. The number of ether oxygens (including phenoxy) is 1. The number of fused-ring (bicyclic) bond motifs is 1. The van der Waals surface area contributed by atoms with Gasteiger partial charge in [0.1, 0.15) is 5.75 Å². The molecular weight excluding hydrogens is 342 g/mol. The monoisotopic (exact) mass is 367 g/mol. The zero-order valence-electron chi connectivity index (χ0n) is 14.6. The minimum Gasteiger partial charge on any atom is -0.495 e. The first-order valence-electron chi connectivity index (χ1n) is 8.59. The summed E-state index contributed by atoms with van der Waals surface area (Å²) in [7, 11) is 1.54. The maximum absolute atomic E-state index is 12.6. The smallest absolute Gasteiger partial charge is 0.241 e. The Bertz CT molecular complexity index is 624. The molecule has 1 aromatic rings. The van der Waals surface area contributed by atoms with E-state index >= 15 is 0 Å². The van der Waals surface area contributed by atoms with Crippen LogP contribution in [0.25, 0.3) is 0 Å². The average molecular weight is 368 g/mol. The SMILES string of the molecule is COc1ccc(NC(=O)C2CC3CCCCC3N2)cc1NC(C)=O.Cl. The third-order valence-electron chi connectivity index (χ3n) is 4.96. The van der Waals surface area contributed by atoms with Gasteiger partial charge in [0, 0.05) is 18.7 Å². The van der Waals surface area contributed by atoms with Gasteiger partial charge in [-0.25, -0.2) is 0 Å². The molecule has 0 radical (unpaired) electrons. The van der Waals surface area contributed by atoms with E-state index in [0.29, 0.717) is 29.1 Å². The summed E-state index contributed by atoms with van der Waals surface area (Å²) in [5.41, 5.74) is 1.21. The molecule has 0 spiro atoms. The van der Waals surface area contributed by atoms with Crippen molar-refractivity contribution in [2.45, 2.75) is 51.1 Å². The fourth-order valence-corrected chi connectivity index (χ4v) is 3.82. The molecule has 0 aromatic heterocycles. The van der Waals surface area contributed by atoms with Crippen molar-refractivity contribution in [3.05, 3.63) is 18.2 Å². The van der Waals surface area contributed by atoms with E-state index in [1.807, 2.05) is 0 Å². The molecule has 2 fully saturated rings. The Morgan fingerprint density at radius 3 is 2.64 bits per heavy atom. The molecule has 2 amide bonds. The summed E-state index contributed by atoms with van der Waals surface area (Å²) in [5, 5.41) is 9.14. The van der Waals surface area contributed by atoms with Crippen LogP contribution in [0.5, 0.6) is 5.75 Å². The summed E-state index contributed by atoms with van der Waals surface area (Å²) in [4.78, 5) is 23.9. The summed E-state index contributed by atoms with van der Waals surface area (Å²) < 4.78 is 5.23. The van der Waals surface area contributed by atoms with Crippen LogP contribution in [-0.4, -0.2) is 31.0 Å². The zero-order valence-corrected chi connectivity index (χ0v) is 15.4. The molecule has 3 unspecified atom stereocenters. The highest BCUT2D eigenvalue weighted by molar-refractivity contribution is 5.97. The molecule has 1 heterocycles. The summed E-state index contributed by atoms with van der Waals surface area (Å²) in [6.07, 6.45) is 5.82. The van der Waals surface area contributed by atoms with Gasteiger partial charge in [-0.1, -0.05) is 12.8 Å². The van der Waals surface area contributed by atoms with Crippen LogP contribution in [0.4, 0.5) is 11.4 Å². The molecule has 1 aliphatic heterocycles. The maximum atomic E-state index is 12.6. The zero-order chi connectivity index (χ0) is 17.1. The van der Waals surface area contributed by atoms with E-state index in [-0.39, 0.29) is 30.3 Å². The van der Waals surface area contributed by atoms with Gasteiger partial charge in [0.2, 0.25) is 11.8 Å². The molecule has 138 valence electrons. The molecule has 1 saturated carbocycles. The largest absolute Gasteiger partial charge is 0.495 e. The first kappa shape index (κ1) is 19.5. The van der Waals surface area contributed by atoms with Crippen molar-refractivity contribution in [1.82, 2.24) is 5.32 Å². The van der Waals surface area contributed by atoms with Crippen molar-refractivity contribution in [3.63, 3.8) is 0 Å². The fourth-order valence-electron chi connectivity index (χ4n) is 3.82. The van der Waals surface area contributed by atoms with E-state index < -0.39 is 0 Å². The molecule has 7 heteroatoms. The highest BCUT2D eigenvalue weighted by Gasteiger charge is 2.38. The maximum Gasteiger partial charge on any atom is 0.241 e. The van der Waals surface area contributed by atoms with Crippen LogP contribution in [0.1, 0.15) is 39.0 Å². The number of nitrogens with one attached hydrogen (secondary N) is 3. The molecule has 0 bridgehead atoms. The van der Waals surface area contributed by atoms with Gasteiger partial charge >= 0.3 is 0 Å². The summed E-state index contributed by atoms with van der Waals surface area (Å²) in [6.45, 7) is 1.44. The van der Waals surface area contributed by atoms with Gasteiger partial charge in [-0.2, -0.15) is 0 Å². The fraction of sp³-hybridized carbons (Fsp3) is 0.556.